The highest BCUT2D eigenvalue weighted by Crippen LogP contribution is 2.27. The van der Waals surface area contributed by atoms with Crippen molar-refractivity contribution < 1.29 is 19.4 Å². The summed E-state index contributed by atoms with van der Waals surface area (Å²) in [5.41, 5.74) is 0.952. The summed E-state index contributed by atoms with van der Waals surface area (Å²) in [6, 6.07) is 5.47. The van der Waals surface area contributed by atoms with Gasteiger partial charge in [-0.1, -0.05) is 6.07 Å². The molecule has 0 radical (unpaired) electrons. The summed E-state index contributed by atoms with van der Waals surface area (Å²) in [7, 11) is 0. The van der Waals surface area contributed by atoms with Crippen molar-refractivity contribution in [2.75, 3.05) is 18.4 Å². The number of aromatic nitrogens is 1. The van der Waals surface area contributed by atoms with E-state index in [2.05, 4.69) is 10.3 Å². The Hall–Kier alpha value is -2.44. The second-order valence-electron chi connectivity index (χ2n) is 4.83. The number of oxazole rings is 1. The average molecular weight is 277 g/mol. The van der Waals surface area contributed by atoms with Gasteiger partial charge in [-0.3, -0.25) is 0 Å². The van der Waals surface area contributed by atoms with Crippen LogP contribution in [0.3, 0.4) is 0 Å². The predicted molar refractivity (Wildman–Crippen MR) is 71.9 cm³/mol. The van der Waals surface area contributed by atoms with Crippen LogP contribution in [0.25, 0.3) is 11.1 Å². The van der Waals surface area contributed by atoms with Crippen LogP contribution in [0.2, 0.25) is 0 Å². The lowest BCUT2D eigenvalue weighted by Crippen LogP contribution is -2.41. The number of phenolic OH excluding ortho intramolecular Hbond substituents is 1. The number of nitrogens with zero attached hydrogens (tertiary/aromatic N) is 2. The van der Waals surface area contributed by atoms with E-state index in [9.17, 15) is 9.90 Å². The SMILES string of the molecule is O=C(O)N1CCC(Nc2nc3c(O)cccc3o2)CC1. The third kappa shape index (κ3) is 2.34. The van der Waals surface area contributed by atoms with Crippen molar-refractivity contribution in [3.8, 4) is 5.75 Å². The number of rotatable bonds is 2. The zero-order chi connectivity index (χ0) is 14.1. The van der Waals surface area contributed by atoms with Gasteiger partial charge in [-0.25, -0.2) is 4.79 Å². The van der Waals surface area contributed by atoms with Gasteiger partial charge in [-0.2, -0.15) is 4.98 Å². The highest BCUT2D eigenvalue weighted by Gasteiger charge is 2.23. The number of hydrogen-bond donors (Lipinski definition) is 3. The zero-order valence-corrected chi connectivity index (χ0v) is 10.7. The van der Waals surface area contributed by atoms with E-state index in [0.717, 1.165) is 0 Å². The number of fused-ring (bicyclic) bond motifs is 1. The second kappa shape index (κ2) is 4.92. The number of aromatic hydroxyl groups is 1. The summed E-state index contributed by atoms with van der Waals surface area (Å²) in [4.78, 5) is 16.4. The topological polar surface area (TPSA) is 98.8 Å². The van der Waals surface area contributed by atoms with Gasteiger partial charge in [0.25, 0.3) is 6.01 Å². The van der Waals surface area contributed by atoms with E-state index in [1.807, 2.05) is 0 Å². The normalized spacial score (nSPS) is 16.5. The largest absolute Gasteiger partial charge is 0.506 e. The number of benzene rings is 1. The molecule has 2 aromatic rings. The van der Waals surface area contributed by atoms with Crippen LogP contribution < -0.4 is 5.32 Å². The van der Waals surface area contributed by atoms with Gasteiger partial charge in [-0.05, 0) is 25.0 Å². The molecule has 7 nitrogen and oxygen atoms in total. The average Bonchev–Trinajstić information content (AvgIpc) is 2.83. The monoisotopic (exact) mass is 277 g/mol. The quantitative estimate of drug-likeness (QED) is 0.777. The maximum absolute atomic E-state index is 10.8. The molecule has 1 aliphatic rings. The molecular weight excluding hydrogens is 262 g/mol. The Bertz CT molecular complexity index is 632. The van der Waals surface area contributed by atoms with E-state index >= 15 is 0 Å². The Balaban J connectivity index is 1.68. The van der Waals surface area contributed by atoms with Gasteiger partial charge >= 0.3 is 6.09 Å². The van der Waals surface area contributed by atoms with Crippen molar-refractivity contribution in [2.45, 2.75) is 18.9 Å². The third-order valence-corrected chi connectivity index (χ3v) is 3.49. The fourth-order valence-electron chi connectivity index (χ4n) is 2.39. The first-order valence-corrected chi connectivity index (χ1v) is 6.46. The zero-order valence-electron chi connectivity index (χ0n) is 10.7. The van der Waals surface area contributed by atoms with Crippen LogP contribution in [0.1, 0.15) is 12.8 Å². The van der Waals surface area contributed by atoms with E-state index in [1.54, 1.807) is 18.2 Å². The van der Waals surface area contributed by atoms with Crippen molar-refractivity contribution in [1.29, 1.82) is 0 Å². The first kappa shape index (κ1) is 12.6. The molecule has 106 valence electrons. The van der Waals surface area contributed by atoms with E-state index in [0.29, 0.717) is 43.0 Å². The van der Waals surface area contributed by atoms with Crippen LogP contribution in [0, 0.1) is 0 Å². The Morgan fingerprint density at radius 3 is 2.80 bits per heavy atom. The number of phenols is 1. The number of nitrogens with one attached hydrogen (secondary N) is 1. The highest BCUT2D eigenvalue weighted by atomic mass is 16.4. The van der Waals surface area contributed by atoms with Crippen LogP contribution in [-0.2, 0) is 0 Å². The predicted octanol–water partition coefficient (Wildman–Crippen LogP) is 2.09. The lowest BCUT2D eigenvalue weighted by molar-refractivity contribution is 0.133. The van der Waals surface area contributed by atoms with Crippen molar-refractivity contribution >= 4 is 23.2 Å². The van der Waals surface area contributed by atoms with Gasteiger partial charge in [0.05, 0.1) is 0 Å². The fraction of sp³-hybridized carbons (Fsp3) is 0.385. The Kier molecular flexibility index (Phi) is 3.09. The number of para-hydroxylation sites is 1. The molecule has 3 N–H and O–H groups in total. The third-order valence-electron chi connectivity index (χ3n) is 3.49. The lowest BCUT2D eigenvalue weighted by Gasteiger charge is -2.29. The van der Waals surface area contributed by atoms with Crippen LogP contribution in [0.15, 0.2) is 22.6 Å². The van der Waals surface area contributed by atoms with E-state index in [1.165, 1.54) is 4.90 Å². The number of amides is 1. The van der Waals surface area contributed by atoms with Crippen LogP contribution >= 0.6 is 0 Å². The fourth-order valence-corrected chi connectivity index (χ4v) is 2.39. The van der Waals surface area contributed by atoms with E-state index in [-0.39, 0.29) is 11.8 Å². The number of piperidine rings is 1. The molecule has 1 aliphatic heterocycles. The molecular formula is C13H15N3O4. The standard InChI is InChI=1S/C13H15N3O4/c17-9-2-1-3-10-11(9)15-12(20-10)14-8-4-6-16(7-5-8)13(18)19/h1-3,8,17H,4-7H2,(H,14,15)(H,18,19). The summed E-state index contributed by atoms with van der Waals surface area (Å²) < 4.78 is 5.51. The first-order valence-electron chi connectivity index (χ1n) is 6.46. The molecule has 7 heteroatoms. The molecule has 2 heterocycles. The van der Waals surface area contributed by atoms with Gasteiger partial charge < -0.3 is 24.8 Å². The van der Waals surface area contributed by atoms with Crippen molar-refractivity contribution in [1.82, 2.24) is 9.88 Å². The van der Waals surface area contributed by atoms with E-state index in [4.69, 9.17) is 9.52 Å². The smallest absolute Gasteiger partial charge is 0.407 e. The second-order valence-corrected chi connectivity index (χ2v) is 4.83. The van der Waals surface area contributed by atoms with Crippen molar-refractivity contribution in [3.63, 3.8) is 0 Å². The summed E-state index contributed by atoms with van der Waals surface area (Å²) in [5, 5.41) is 21.7. The Morgan fingerprint density at radius 1 is 1.40 bits per heavy atom. The molecule has 20 heavy (non-hydrogen) atoms. The molecule has 0 aliphatic carbocycles. The molecule has 0 spiro atoms. The molecule has 1 saturated heterocycles. The molecule has 1 amide bonds. The number of carboxylic acid groups (broad SMARTS) is 1. The Labute approximate surface area is 114 Å². The van der Waals surface area contributed by atoms with Gasteiger partial charge in [0, 0.05) is 19.1 Å². The molecule has 3 rings (SSSR count). The maximum Gasteiger partial charge on any atom is 0.407 e. The highest BCUT2D eigenvalue weighted by molar-refractivity contribution is 5.80. The van der Waals surface area contributed by atoms with Gasteiger partial charge in [0.15, 0.2) is 11.1 Å². The summed E-state index contributed by atoms with van der Waals surface area (Å²) in [6.45, 7) is 0.997. The Morgan fingerprint density at radius 2 is 2.15 bits per heavy atom. The number of likely N-dealkylation sites (tertiary alicyclic amines) is 1. The first-order chi connectivity index (χ1) is 9.63. The maximum atomic E-state index is 10.8. The van der Waals surface area contributed by atoms with Gasteiger partial charge in [0.1, 0.15) is 5.75 Å². The molecule has 0 unspecified atom stereocenters. The van der Waals surface area contributed by atoms with Crippen LogP contribution in [-0.4, -0.2) is 45.3 Å². The van der Waals surface area contributed by atoms with Gasteiger partial charge in [0.2, 0.25) is 0 Å². The molecule has 1 fully saturated rings. The summed E-state index contributed by atoms with van der Waals surface area (Å²) in [5.74, 6) is 0.0833. The molecule has 0 saturated carbocycles. The number of carbonyl (C=O) groups is 1. The number of hydrogen-bond acceptors (Lipinski definition) is 5. The van der Waals surface area contributed by atoms with Crippen molar-refractivity contribution in [2.24, 2.45) is 0 Å². The minimum absolute atomic E-state index is 0.0833. The van der Waals surface area contributed by atoms with Crippen LogP contribution in [0.4, 0.5) is 10.8 Å². The van der Waals surface area contributed by atoms with Crippen LogP contribution in [0.5, 0.6) is 5.75 Å². The molecule has 0 bridgehead atoms. The summed E-state index contributed by atoms with van der Waals surface area (Å²) >= 11 is 0. The molecule has 0 atom stereocenters. The number of anilines is 1. The lowest BCUT2D eigenvalue weighted by atomic mass is 10.1. The minimum Gasteiger partial charge on any atom is -0.506 e. The molecule has 1 aromatic heterocycles. The summed E-state index contributed by atoms with van der Waals surface area (Å²) in [6.07, 6.45) is 0.531. The van der Waals surface area contributed by atoms with Crippen molar-refractivity contribution in [3.05, 3.63) is 18.2 Å². The van der Waals surface area contributed by atoms with E-state index < -0.39 is 6.09 Å². The van der Waals surface area contributed by atoms with Gasteiger partial charge in [-0.15, -0.1) is 0 Å². The molecule has 1 aromatic carbocycles. The minimum atomic E-state index is -0.879.